The van der Waals surface area contributed by atoms with Crippen LogP contribution in [0.4, 0.5) is 5.69 Å². The van der Waals surface area contributed by atoms with Gasteiger partial charge in [0.15, 0.2) is 5.78 Å². The molecule has 4 nitrogen and oxygen atoms in total. The quantitative estimate of drug-likeness (QED) is 0.264. The molecule has 0 bridgehead atoms. The van der Waals surface area contributed by atoms with Gasteiger partial charge in [0, 0.05) is 11.1 Å². The van der Waals surface area contributed by atoms with Gasteiger partial charge in [0.2, 0.25) is 5.78 Å². The number of carbonyl (C=O) groups excluding carboxylic acids is 2. The van der Waals surface area contributed by atoms with Crippen LogP contribution in [0.25, 0.3) is 9.40 Å². The van der Waals surface area contributed by atoms with E-state index >= 15 is 0 Å². The Hall–Kier alpha value is -2.48. The lowest BCUT2D eigenvalue weighted by molar-refractivity contribution is 0.101. The Morgan fingerprint density at radius 2 is 1.58 bits per heavy atom. The average molecular weight is 467 g/mol. The predicted octanol–water partition coefficient (Wildman–Crippen LogP) is 6.38. The molecule has 0 unspecified atom stereocenters. The molecule has 4 aromatic rings. The number of ketones is 2. The number of thiophene rings is 1. The van der Waals surface area contributed by atoms with Gasteiger partial charge in [-0.3, -0.25) is 9.59 Å². The SMILES string of the molecule is Cc1ccc(C(=O)CSc2nsc3sc(C(=O)c4ccc(C)cc4C)c(N)c23)c(C)c1. The molecule has 0 saturated heterocycles. The maximum absolute atomic E-state index is 13.1. The molecule has 0 atom stereocenters. The summed E-state index contributed by atoms with van der Waals surface area (Å²) in [6, 6.07) is 11.6. The van der Waals surface area contributed by atoms with E-state index in [1.165, 1.54) is 34.6 Å². The number of hydrogen-bond donors (Lipinski definition) is 1. The van der Waals surface area contributed by atoms with Crippen LogP contribution in [0.1, 0.15) is 47.8 Å². The van der Waals surface area contributed by atoms with Crippen LogP contribution in [-0.2, 0) is 0 Å². The van der Waals surface area contributed by atoms with E-state index < -0.39 is 0 Å². The van der Waals surface area contributed by atoms with Crippen LogP contribution in [-0.4, -0.2) is 21.7 Å². The molecule has 31 heavy (non-hydrogen) atoms. The summed E-state index contributed by atoms with van der Waals surface area (Å²) in [5.74, 6) is 0.271. The summed E-state index contributed by atoms with van der Waals surface area (Å²) in [5.41, 5.74) is 12.4. The fourth-order valence-electron chi connectivity index (χ4n) is 3.61. The highest BCUT2D eigenvalue weighted by Crippen LogP contribution is 2.43. The van der Waals surface area contributed by atoms with Crippen molar-refractivity contribution in [3.63, 3.8) is 0 Å². The largest absolute Gasteiger partial charge is 0.397 e. The summed E-state index contributed by atoms with van der Waals surface area (Å²) in [6.07, 6.45) is 0. The van der Waals surface area contributed by atoms with Gasteiger partial charge < -0.3 is 5.73 Å². The van der Waals surface area contributed by atoms with Crippen molar-refractivity contribution in [1.29, 1.82) is 0 Å². The lowest BCUT2D eigenvalue weighted by Crippen LogP contribution is -2.05. The van der Waals surface area contributed by atoms with E-state index in [0.29, 0.717) is 21.2 Å². The minimum Gasteiger partial charge on any atom is -0.397 e. The van der Waals surface area contributed by atoms with Crippen molar-refractivity contribution in [2.24, 2.45) is 0 Å². The summed E-state index contributed by atoms with van der Waals surface area (Å²) in [5, 5.41) is 1.51. The molecule has 4 rings (SSSR count). The van der Waals surface area contributed by atoms with Gasteiger partial charge in [-0.15, -0.1) is 11.3 Å². The molecule has 0 saturated carbocycles. The number of carbonyl (C=O) groups is 2. The van der Waals surface area contributed by atoms with Crippen molar-refractivity contribution < 1.29 is 9.59 Å². The van der Waals surface area contributed by atoms with Crippen LogP contribution >= 0.6 is 34.6 Å². The Balaban J connectivity index is 1.60. The summed E-state index contributed by atoms with van der Waals surface area (Å²) in [4.78, 5) is 26.4. The normalized spacial score (nSPS) is 11.2. The highest BCUT2D eigenvalue weighted by atomic mass is 32.2. The molecular weight excluding hydrogens is 444 g/mol. The molecule has 0 aliphatic carbocycles. The van der Waals surface area contributed by atoms with Gasteiger partial charge in [-0.2, -0.15) is 4.37 Å². The van der Waals surface area contributed by atoms with E-state index in [1.54, 1.807) is 0 Å². The van der Waals surface area contributed by atoms with E-state index in [9.17, 15) is 9.59 Å². The number of aromatic nitrogens is 1. The number of nitrogens with two attached hydrogens (primary N) is 1. The minimum absolute atomic E-state index is 0.0593. The number of aryl methyl sites for hydroxylation is 4. The van der Waals surface area contributed by atoms with E-state index in [-0.39, 0.29) is 17.3 Å². The molecule has 0 aliphatic heterocycles. The molecule has 0 spiro atoms. The summed E-state index contributed by atoms with van der Waals surface area (Å²) >= 11 is 4.08. The molecular formula is C24H22N2O2S3. The summed E-state index contributed by atoms with van der Waals surface area (Å²) < 4.78 is 5.40. The topological polar surface area (TPSA) is 73.0 Å². The molecule has 2 aromatic carbocycles. The third-order valence-electron chi connectivity index (χ3n) is 5.19. The smallest absolute Gasteiger partial charge is 0.205 e. The van der Waals surface area contributed by atoms with Crippen LogP contribution < -0.4 is 5.73 Å². The second-order valence-corrected chi connectivity index (χ2v) is 10.7. The monoisotopic (exact) mass is 466 g/mol. The minimum atomic E-state index is -0.0642. The molecule has 2 N–H and O–H groups in total. The van der Waals surface area contributed by atoms with Gasteiger partial charge in [0.1, 0.15) is 13.9 Å². The van der Waals surface area contributed by atoms with Crippen LogP contribution in [0, 0.1) is 27.7 Å². The number of hydrogen-bond acceptors (Lipinski definition) is 7. The molecule has 2 aromatic heterocycles. The average Bonchev–Trinajstić information content (AvgIpc) is 3.26. The third-order valence-corrected chi connectivity index (χ3v) is 8.40. The summed E-state index contributed by atoms with van der Waals surface area (Å²) in [6.45, 7) is 7.91. The van der Waals surface area contributed by atoms with Crippen LogP contribution in [0.15, 0.2) is 41.4 Å². The van der Waals surface area contributed by atoms with Crippen LogP contribution in [0.3, 0.4) is 0 Å². The second kappa shape index (κ2) is 8.57. The van der Waals surface area contributed by atoms with E-state index in [2.05, 4.69) is 4.37 Å². The number of rotatable bonds is 6. The van der Waals surface area contributed by atoms with Crippen molar-refractivity contribution in [2.45, 2.75) is 32.7 Å². The molecule has 7 heteroatoms. The standard InChI is InChI=1S/C24H22N2O2S3/c1-12-5-7-16(14(3)9-12)18(27)11-29-23-19-20(25)22(30-24(19)31-26-23)21(28)17-8-6-13(2)10-15(17)4/h5-10H,11,25H2,1-4H3. The Morgan fingerprint density at radius 1 is 0.968 bits per heavy atom. The third kappa shape index (κ3) is 4.18. The van der Waals surface area contributed by atoms with Gasteiger partial charge >= 0.3 is 0 Å². The van der Waals surface area contributed by atoms with Gasteiger partial charge in [0.05, 0.1) is 16.8 Å². The maximum Gasteiger partial charge on any atom is 0.205 e. The van der Waals surface area contributed by atoms with Crippen molar-refractivity contribution in [3.05, 3.63) is 74.7 Å². The van der Waals surface area contributed by atoms with Crippen molar-refractivity contribution >= 4 is 61.3 Å². The molecule has 0 aliphatic rings. The highest BCUT2D eigenvalue weighted by molar-refractivity contribution is 8.00. The molecule has 0 amide bonds. The van der Waals surface area contributed by atoms with Crippen molar-refractivity contribution in [1.82, 2.24) is 4.37 Å². The van der Waals surface area contributed by atoms with Crippen molar-refractivity contribution in [2.75, 3.05) is 11.5 Å². The van der Waals surface area contributed by atoms with Gasteiger partial charge in [0.25, 0.3) is 0 Å². The lowest BCUT2D eigenvalue weighted by atomic mass is 10.0. The zero-order chi connectivity index (χ0) is 22.3. The maximum atomic E-state index is 13.1. The van der Waals surface area contributed by atoms with E-state index in [4.69, 9.17) is 5.73 Å². The summed E-state index contributed by atoms with van der Waals surface area (Å²) in [7, 11) is 0. The number of anilines is 1. The van der Waals surface area contributed by atoms with Gasteiger partial charge in [-0.05, 0) is 50.4 Å². The van der Waals surface area contributed by atoms with Crippen LogP contribution in [0.5, 0.6) is 0 Å². The second-order valence-electron chi connectivity index (χ2n) is 7.67. The number of thioether (sulfide) groups is 1. The van der Waals surface area contributed by atoms with E-state index in [0.717, 1.165) is 37.2 Å². The van der Waals surface area contributed by atoms with Crippen LogP contribution in [0.2, 0.25) is 0 Å². The molecule has 0 fully saturated rings. The first-order valence-electron chi connectivity index (χ1n) is 9.79. The number of fused-ring (bicyclic) bond motifs is 1. The highest BCUT2D eigenvalue weighted by Gasteiger charge is 2.24. The zero-order valence-electron chi connectivity index (χ0n) is 17.7. The number of Topliss-reactive ketones (excluding diaryl/α,β-unsaturated/α-hetero) is 1. The zero-order valence-corrected chi connectivity index (χ0v) is 20.2. The van der Waals surface area contributed by atoms with Gasteiger partial charge in [-0.1, -0.05) is 59.3 Å². The fourth-order valence-corrected chi connectivity index (χ4v) is 6.82. The Labute approximate surface area is 193 Å². The predicted molar refractivity (Wildman–Crippen MR) is 132 cm³/mol. The first-order chi connectivity index (χ1) is 14.8. The Kier molecular flexibility index (Phi) is 6.01. The van der Waals surface area contributed by atoms with Crippen molar-refractivity contribution in [3.8, 4) is 0 Å². The fraction of sp³-hybridized carbons (Fsp3) is 0.208. The molecule has 0 radical (unpaired) electrons. The van der Waals surface area contributed by atoms with Gasteiger partial charge in [-0.25, -0.2) is 0 Å². The Morgan fingerprint density at radius 3 is 2.19 bits per heavy atom. The molecule has 2 heterocycles. The lowest BCUT2D eigenvalue weighted by Gasteiger charge is -2.06. The first-order valence-corrected chi connectivity index (χ1v) is 12.4. The van der Waals surface area contributed by atoms with E-state index in [1.807, 2.05) is 64.1 Å². The first kappa shape index (κ1) is 21.7. The molecule has 158 valence electrons. The Bertz CT molecular complexity index is 1330. The number of nitrogen functional groups attached to an aromatic ring is 1. The number of nitrogens with zero attached hydrogens (tertiary/aromatic N) is 1. The number of benzene rings is 2.